The Hall–Kier alpha value is -1.72. The fourth-order valence-electron chi connectivity index (χ4n) is 1.88. The molecule has 1 aromatic heterocycles. The van der Waals surface area contributed by atoms with Crippen molar-refractivity contribution in [3.8, 4) is 0 Å². The lowest BCUT2D eigenvalue weighted by Crippen LogP contribution is -1.98. The van der Waals surface area contributed by atoms with Gasteiger partial charge < -0.3 is 5.32 Å². The van der Waals surface area contributed by atoms with Crippen LogP contribution in [0.5, 0.6) is 0 Å². The van der Waals surface area contributed by atoms with E-state index in [1.807, 2.05) is 24.3 Å². The highest BCUT2D eigenvalue weighted by molar-refractivity contribution is 9.10. The van der Waals surface area contributed by atoms with Crippen LogP contribution in [-0.2, 0) is 0 Å². The summed E-state index contributed by atoms with van der Waals surface area (Å²) in [6.07, 6.45) is 0. The number of fused-ring (bicyclic) bond motifs is 1. The van der Waals surface area contributed by atoms with Crippen molar-refractivity contribution in [2.75, 3.05) is 5.32 Å². The van der Waals surface area contributed by atoms with Gasteiger partial charge in [0.1, 0.15) is 5.82 Å². The molecule has 3 rings (SSSR count). The number of halogens is 3. The molecular weight excluding hydrogens is 345 g/mol. The molecule has 0 bridgehead atoms. The fourth-order valence-corrected chi connectivity index (χ4v) is 2.43. The lowest BCUT2D eigenvalue weighted by molar-refractivity contribution is 0.628. The van der Waals surface area contributed by atoms with E-state index >= 15 is 0 Å². The van der Waals surface area contributed by atoms with Crippen LogP contribution in [0.3, 0.4) is 0 Å². The first kappa shape index (κ1) is 13.3. The van der Waals surface area contributed by atoms with E-state index in [0.717, 1.165) is 15.2 Å². The summed E-state index contributed by atoms with van der Waals surface area (Å²) in [5.41, 5.74) is 0.576. The molecule has 3 nitrogen and oxygen atoms in total. The number of nitrogens with one attached hydrogen (secondary N) is 1. The number of rotatable bonds is 2. The summed E-state index contributed by atoms with van der Waals surface area (Å²) in [6.45, 7) is 0. The van der Waals surface area contributed by atoms with Crippen LogP contribution in [0, 0.1) is 5.82 Å². The van der Waals surface area contributed by atoms with Gasteiger partial charge in [0.2, 0.25) is 0 Å². The van der Waals surface area contributed by atoms with Crippen LogP contribution in [0.25, 0.3) is 10.8 Å². The lowest BCUT2D eigenvalue weighted by atomic mass is 10.2. The Morgan fingerprint density at radius 2 is 1.80 bits per heavy atom. The van der Waals surface area contributed by atoms with Gasteiger partial charge in [-0.2, -0.15) is 0 Å². The van der Waals surface area contributed by atoms with Crippen LogP contribution >= 0.6 is 27.5 Å². The van der Waals surface area contributed by atoms with E-state index in [2.05, 4.69) is 31.4 Å². The maximum Gasteiger partial charge on any atom is 0.161 e. The predicted molar refractivity (Wildman–Crippen MR) is 81.9 cm³/mol. The third kappa shape index (κ3) is 2.46. The number of anilines is 2. The van der Waals surface area contributed by atoms with E-state index in [1.165, 1.54) is 12.1 Å². The minimum atomic E-state index is -0.332. The first-order valence-electron chi connectivity index (χ1n) is 5.78. The first-order valence-corrected chi connectivity index (χ1v) is 6.95. The van der Waals surface area contributed by atoms with E-state index in [4.69, 9.17) is 11.6 Å². The summed E-state index contributed by atoms with van der Waals surface area (Å²) in [7, 11) is 0. The Kier molecular flexibility index (Phi) is 3.54. The number of hydrogen-bond donors (Lipinski definition) is 1. The molecule has 20 heavy (non-hydrogen) atoms. The third-order valence-electron chi connectivity index (χ3n) is 2.82. The van der Waals surface area contributed by atoms with Crippen LogP contribution in [0.1, 0.15) is 0 Å². The van der Waals surface area contributed by atoms with Gasteiger partial charge in [-0.15, -0.1) is 10.2 Å². The zero-order chi connectivity index (χ0) is 14.1. The van der Waals surface area contributed by atoms with Gasteiger partial charge >= 0.3 is 0 Å². The van der Waals surface area contributed by atoms with Crippen molar-refractivity contribution in [2.24, 2.45) is 0 Å². The van der Waals surface area contributed by atoms with Crippen molar-refractivity contribution < 1.29 is 4.39 Å². The van der Waals surface area contributed by atoms with Gasteiger partial charge in [0.15, 0.2) is 11.0 Å². The smallest absolute Gasteiger partial charge is 0.161 e. The van der Waals surface area contributed by atoms with Crippen molar-refractivity contribution in [3.05, 3.63) is 57.9 Å². The maximum absolute atomic E-state index is 13.3. The third-order valence-corrected chi connectivity index (χ3v) is 3.79. The Balaban J connectivity index is 2.11. The predicted octanol–water partition coefficient (Wildman–Crippen LogP) is 4.93. The second-order valence-corrected chi connectivity index (χ2v) is 5.35. The van der Waals surface area contributed by atoms with Gasteiger partial charge in [0, 0.05) is 15.2 Å². The summed E-state index contributed by atoms with van der Waals surface area (Å²) < 4.78 is 14.0. The van der Waals surface area contributed by atoms with Gasteiger partial charge in [-0.25, -0.2) is 4.39 Å². The molecule has 1 N–H and O–H groups in total. The van der Waals surface area contributed by atoms with Crippen molar-refractivity contribution in [1.29, 1.82) is 0 Å². The topological polar surface area (TPSA) is 37.8 Å². The second kappa shape index (κ2) is 5.34. The zero-order valence-electron chi connectivity index (χ0n) is 10.1. The molecule has 0 radical (unpaired) electrons. The van der Waals surface area contributed by atoms with Crippen LogP contribution < -0.4 is 5.32 Å². The number of nitrogens with zero attached hydrogens (tertiary/aromatic N) is 2. The molecule has 0 aliphatic heterocycles. The Bertz CT molecular complexity index is 794. The highest BCUT2D eigenvalue weighted by Gasteiger charge is 2.09. The van der Waals surface area contributed by atoms with Crippen molar-refractivity contribution in [3.63, 3.8) is 0 Å². The summed E-state index contributed by atoms with van der Waals surface area (Å²) in [6, 6.07) is 11.9. The molecule has 2 aromatic carbocycles. The van der Waals surface area contributed by atoms with Gasteiger partial charge in [-0.3, -0.25) is 0 Å². The van der Waals surface area contributed by atoms with Gasteiger partial charge in [-0.1, -0.05) is 35.9 Å². The number of hydrogen-bond acceptors (Lipinski definition) is 3. The van der Waals surface area contributed by atoms with Crippen LogP contribution in [-0.4, -0.2) is 10.2 Å². The minimum absolute atomic E-state index is 0.332. The Morgan fingerprint density at radius 3 is 2.60 bits per heavy atom. The van der Waals surface area contributed by atoms with E-state index in [-0.39, 0.29) is 5.82 Å². The van der Waals surface area contributed by atoms with E-state index < -0.39 is 0 Å². The normalized spacial score (nSPS) is 10.8. The quantitative estimate of drug-likeness (QED) is 0.711. The molecule has 0 saturated carbocycles. The molecule has 0 aliphatic rings. The molecule has 0 amide bonds. The summed E-state index contributed by atoms with van der Waals surface area (Å²) in [4.78, 5) is 0. The number of benzene rings is 2. The molecule has 1 heterocycles. The monoisotopic (exact) mass is 351 g/mol. The SMILES string of the molecule is Fc1ccc(Br)c(Nc2nnc(Cl)c3ccccc23)c1. The van der Waals surface area contributed by atoms with Crippen LogP contribution in [0.4, 0.5) is 15.9 Å². The number of aromatic nitrogens is 2. The standard InChI is InChI=1S/C14H8BrClFN3/c15-11-6-5-8(17)7-12(11)18-14-10-4-2-1-3-9(10)13(16)19-20-14/h1-7H,(H,18,20). The molecule has 0 spiro atoms. The van der Waals surface area contributed by atoms with Crippen molar-refractivity contribution >= 4 is 49.8 Å². The van der Waals surface area contributed by atoms with Gasteiger partial charge in [-0.05, 0) is 34.1 Å². The Labute approximate surface area is 127 Å². The van der Waals surface area contributed by atoms with Crippen molar-refractivity contribution in [1.82, 2.24) is 10.2 Å². The van der Waals surface area contributed by atoms with Gasteiger partial charge in [0.25, 0.3) is 0 Å². The van der Waals surface area contributed by atoms with E-state index in [0.29, 0.717) is 16.7 Å². The molecule has 0 atom stereocenters. The second-order valence-electron chi connectivity index (χ2n) is 4.13. The largest absolute Gasteiger partial charge is 0.337 e. The lowest BCUT2D eigenvalue weighted by Gasteiger charge is -2.10. The molecule has 0 saturated heterocycles. The molecule has 0 fully saturated rings. The zero-order valence-corrected chi connectivity index (χ0v) is 12.4. The maximum atomic E-state index is 13.3. The molecule has 0 aliphatic carbocycles. The summed E-state index contributed by atoms with van der Waals surface area (Å²) >= 11 is 9.38. The summed E-state index contributed by atoms with van der Waals surface area (Å²) in [5.74, 6) is 0.193. The van der Waals surface area contributed by atoms with Crippen molar-refractivity contribution in [2.45, 2.75) is 0 Å². The molecule has 3 aromatic rings. The van der Waals surface area contributed by atoms with E-state index in [1.54, 1.807) is 6.07 Å². The first-order chi connectivity index (χ1) is 9.65. The molecule has 100 valence electrons. The van der Waals surface area contributed by atoms with Gasteiger partial charge in [0.05, 0.1) is 5.69 Å². The summed E-state index contributed by atoms with van der Waals surface area (Å²) in [5, 5.41) is 13.0. The fraction of sp³-hybridized carbons (Fsp3) is 0. The average Bonchev–Trinajstić information content (AvgIpc) is 2.46. The van der Waals surface area contributed by atoms with Crippen LogP contribution in [0.15, 0.2) is 46.9 Å². The molecule has 0 unspecified atom stereocenters. The Morgan fingerprint density at radius 1 is 1.05 bits per heavy atom. The molecular formula is C14H8BrClFN3. The highest BCUT2D eigenvalue weighted by atomic mass is 79.9. The average molecular weight is 353 g/mol. The highest BCUT2D eigenvalue weighted by Crippen LogP contribution is 2.30. The molecule has 6 heteroatoms. The van der Waals surface area contributed by atoms with E-state index in [9.17, 15) is 4.39 Å². The minimum Gasteiger partial charge on any atom is -0.337 e. The van der Waals surface area contributed by atoms with Crippen LogP contribution in [0.2, 0.25) is 5.15 Å².